The van der Waals surface area contributed by atoms with Crippen molar-refractivity contribution in [1.82, 2.24) is 0 Å². The first kappa shape index (κ1) is 13.0. The zero-order chi connectivity index (χ0) is 12.9. The molecule has 1 unspecified atom stereocenters. The largest absolute Gasteiger partial charge is 0.327 e. The van der Waals surface area contributed by atoms with Crippen molar-refractivity contribution in [2.75, 3.05) is 0 Å². The molecule has 2 N–H and O–H groups in total. The van der Waals surface area contributed by atoms with Gasteiger partial charge >= 0.3 is 0 Å². The molecule has 0 heterocycles. The van der Waals surface area contributed by atoms with Gasteiger partial charge in [0.15, 0.2) is 0 Å². The zero-order valence-electron chi connectivity index (χ0n) is 12.5. The molecular weight excluding hydrogens is 218 g/mol. The van der Waals surface area contributed by atoms with E-state index in [2.05, 4.69) is 20.8 Å². The minimum Gasteiger partial charge on any atom is -0.327 e. The van der Waals surface area contributed by atoms with Gasteiger partial charge in [-0.15, -0.1) is 0 Å². The average Bonchev–Trinajstić information content (AvgIpc) is 2.25. The lowest BCUT2D eigenvalue weighted by atomic mass is 9.51. The van der Waals surface area contributed by atoms with Crippen LogP contribution < -0.4 is 5.73 Å². The van der Waals surface area contributed by atoms with E-state index in [1.165, 1.54) is 12.8 Å². The molecule has 4 aliphatic rings. The van der Waals surface area contributed by atoms with Gasteiger partial charge in [0.05, 0.1) is 0 Å². The first-order valence-corrected chi connectivity index (χ1v) is 8.19. The van der Waals surface area contributed by atoms with Gasteiger partial charge in [-0.1, -0.05) is 20.8 Å². The summed E-state index contributed by atoms with van der Waals surface area (Å²) in [6.07, 6.45) is 10.5. The molecule has 0 aromatic heterocycles. The molecule has 0 aromatic rings. The molecule has 4 saturated carbocycles. The van der Waals surface area contributed by atoms with Gasteiger partial charge in [-0.25, -0.2) is 0 Å². The lowest BCUT2D eigenvalue weighted by Gasteiger charge is -2.55. The lowest BCUT2D eigenvalue weighted by Crippen LogP contribution is -2.46. The van der Waals surface area contributed by atoms with Crippen molar-refractivity contribution >= 4 is 0 Å². The molecule has 4 bridgehead atoms. The SMILES string of the molecule is CC(C)(C)C(N)CCC1C2CC3CC(C2)CC1C3. The highest BCUT2D eigenvalue weighted by molar-refractivity contribution is 4.98. The summed E-state index contributed by atoms with van der Waals surface area (Å²) in [5.41, 5.74) is 6.64. The summed E-state index contributed by atoms with van der Waals surface area (Å²) >= 11 is 0. The summed E-state index contributed by atoms with van der Waals surface area (Å²) in [5.74, 6) is 5.41. The first-order valence-electron chi connectivity index (χ1n) is 8.19. The Morgan fingerprint density at radius 3 is 1.89 bits per heavy atom. The maximum atomic E-state index is 6.35. The Bertz CT molecular complexity index is 273. The number of nitrogens with two attached hydrogens (primary N) is 1. The molecule has 0 spiro atoms. The number of hydrogen-bond acceptors (Lipinski definition) is 1. The summed E-state index contributed by atoms with van der Waals surface area (Å²) in [6, 6.07) is 0.384. The van der Waals surface area contributed by atoms with Crippen LogP contribution in [0.3, 0.4) is 0 Å². The molecule has 0 radical (unpaired) electrons. The maximum absolute atomic E-state index is 6.35. The van der Waals surface area contributed by atoms with Gasteiger partial charge in [0, 0.05) is 6.04 Å². The van der Waals surface area contributed by atoms with Gasteiger partial charge in [-0.2, -0.15) is 0 Å². The fraction of sp³-hybridized carbons (Fsp3) is 1.00. The molecule has 0 aliphatic heterocycles. The Kier molecular flexibility index (Phi) is 3.25. The molecule has 0 aromatic carbocycles. The van der Waals surface area contributed by atoms with Gasteiger partial charge < -0.3 is 5.73 Å². The van der Waals surface area contributed by atoms with E-state index in [0.717, 1.165) is 29.6 Å². The monoisotopic (exact) mass is 249 g/mol. The van der Waals surface area contributed by atoms with E-state index in [9.17, 15) is 0 Å². The Morgan fingerprint density at radius 2 is 1.44 bits per heavy atom. The Hall–Kier alpha value is -0.0400. The van der Waals surface area contributed by atoms with Crippen molar-refractivity contribution in [3.63, 3.8) is 0 Å². The minimum absolute atomic E-state index is 0.284. The predicted molar refractivity (Wildman–Crippen MR) is 77.2 cm³/mol. The molecule has 1 atom stereocenters. The highest BCUT2D eigenvalue weighted by Crippen LogP contribution is 2.57. The van der Waals surface area contributed by atoms with Crippen molar-refractivity contribution < 1.29 is 0 Å². The number of rotatable bonds is 3. The fourth-order valence-corrected chi connectivity index (χ4v) is 5.31. The van der Waals surface area contributed by atoms with Crippen LogP contribution in [0, 0.1) is 35.0 Å². The summed E-state index contributed by atoms with van der Waals surface area (Å²) in [5, 5.41) is 0. The predicted octanol–water partition coefficient (Wildman–Crippen LogP) is 4.21. The van der Waals surface area contributed by atoms with Gasteiger partial charge in [0.1, 0.15) is 0 Å². The summed E-state index contributed by atoms with van der Waals surface area (Å²) in [4.78, 5) is 0. The second-order valence-corrected chi connectivity index (χ2v) is 8.64. The van der Waals surface area contributed by atoms with Gasteiger partial charge in [0.2, 0.25) is 0 Å². The van der Waals surface area contributed by atoms with Crippen LogP contribution in [0.25, 0.3) is 0 Å². The van der Waals surface area contributed by atoms with Crippen LogP contribution in [0.2, 0.25) is 0 Å². The molecule has 1 heteroatoms. The normalized spacial score (nSPS) is 44.3. The molecular formula is C17H31N. The Morgan fingerprint density at radius 1 is 0.944 bits per heavy atom. The van der Waals surface area contributed by atoms with Gasteiger partial charge in [-0.3, -0.25) is 0 Å². The molecule has 0 saturated heterocycles. The third kappa shape index (κ3) is 2.35. The van der Waals surface area contributed by atoms with Gasteiger partial charge in [-0.05, 0) is 80.0 Å². The van der Waals surface area contributed by atoms with Crippen molar-refractivity contribution in [3.8, 4) is 0 Å². The van der Waals surface area contributed by atoms with E-state index in [-0.39, 0.29) is 5.41 Å². The van der Waals surface area contributed by atoms with Crippen molar-refractivity contribution in [2.45, 2.75) is 71.8 Å². The van der Waals surface area contributed by atoms with Crippen LogP contribution in [0.1, 0.15) is 65.7 Å². The van der Waals surface area contributed by atoms with Crippen molar-refractivity contribution in [1.29, 1.82) is 0 Å². The molecule has 1 nitrogen and oxygen atoms in total. The summed E-state index contributed by atoms with van der Waals surface area (Å²) in [6.45, 7) is 6.86. The van der Waals surface area contributed by atoms with E-state index in [1.54, 1.807) is 32.1 Å². The van der Waals surface area contributed by atoms with Crippen LogP contribution in [0.4, 0.5) is 0 Å². The van der Waals surface area contributed by atoms with Gasteiger partial charge in [0.25, 0.3) is 0 Å². The fourth-order valence-electron chi connectivity index (χ4n) is 5.31. The second-order valence-electron chi connectivity index (χ2n) is 8.64. The average molecular weight is 249 g/mol. The molecule has 104 valence electrons. The third-order valence-corrected chi connectivity index (χ3v) is 6.35. The first-order chi connectivity index (χ1) is 8.43. The van der Waals surface area contributed by atoms with Crippen LogP contribution >= 0.6 is 0 Å². The van der Waals surface area contributed by atoms with Crippen LogP contribution in [0.5, 0.6) is 0 Å². The second kappa shape index (κ2) is 4.51. The van der Waals surface area contributed by atoms with E-state index in [0.29, 0.717) is 6.04 Å². The van der Waals surface area contributed by atoms with Crippen molar-refractivity contribution in [2.24, 2.45) is 40.7 Å². The molecule has 0 amide bonds. The van der Waals surface area contributed by atoms with E-state index in [4.69, 9.17) is 5.73 Å². The quantitative estimate of drug-likeness (QED) is 0.796. The van der Waals surface area contributed by atoms with Crippen LogP contribution in [-0.2, 0) is 0 Å². The summed E-state index contributed by atoms with van der Waals surface area (Å²) < 4.78 is 0. The van der Waals surface area contributed by atoms with E-state index >= 15 is 0 Å². The Labute approximate surface area is 113 Å². The molecule has 18 heavy (non-hydrogen) atoms. The highest BCUT2D eigenvalue weighted by Gasteiger charge is 2.47. The molecule has 4 rings (SSSR count). The van der Waals surface area contributed by atoms with Crippen molar-refractivity contribution in [3.05, 3.63) is 0 Å². The molecule has 4 aliphatic carbocycles. The van der Waals surface area contributed by atoms with E-state index in [1.807, 2.05) is 0 Å². The van der Waals surface area contributed by atoms with Crippen LogP contribution in [0.15, 0.2) is 0 Å². The molecule has 4 fully saturated rings. The highest BCUT2D eigenvalue weighted by atomic mass is 14.7. The Balaban J connectivity index is 1.57. The number of hydrogen-bond donors (Lipinski definition) is 1. The van der Waals surface area contributed by atoms with E-state index < -0.39 is 0 Å². The summed E-state index contributed by atoms with van der Waals surface area (Å²) in [7, 11) is 0. The minimum atomic E-state index is 0.284. The maximum Gasteiger partial charge on any atom is 0.00877 e. The topological polar surface area (TPSA) is 26.0 Å². The van der Waals surface area contributed by atoms with Crippen LogP contribution in [-0.4, -0.2) is 6.04 Å². The smallest absolute Gasteiger partial charge is 0.00877 e. The lowest BCUT2D eigenvalue weighted by molar-refractivity contribution is -0.0417. The standard InChI is InChI=1S/C17H31N/c1-17(2,3)16(18)5-4-15-13-7-11-6-12(9-13)10-14(15)8-11/h11-16H,4-10,18H2,1-3H3. The third-order valence-electron chi connectivity index (χ3n) is 6.35. The zero-order valence-corrected chi connectivity index (χ0v) is 12.5.